The molecule has 5 aromatic rings. The van der Waals surface area contributed by atoms with Crippen LogP contribution in [0.25, 0.3) is 22.3 Å². The maximum atomic E-state index is 12.1. The highest BCUT2D eigenvalue weighted by atomic mass is 16.5. The lowest BCUT2D eigenvalue weighted by Gasteiger charge is -2.17. The van der Waals surface area contributed by atoms with E-state index in [1.807, 2.05) is 69.4 Å². The van der Waals surface area contributed by atoms with Gasteiger partial charge in [0, 0.05) is 48.6 Å². The SMILES string of the molecule is CC.CN(c1ccccc1)c1ccccn1.CNc1nccc(-c2cc3cc(C(=O)NCC(=O)OC)ccc3[nH]2)n1. The van der Waals surface area contributed by atoms with E-state index < -0.39 is 5.97 Å². The van der Waals surface area contributed by atoms with Gasteiger partial charge in [0.2, 0.25) is 5.95 Å². The predicted molar refractivity (Wildman–Crippen MR) is 163 cm³/mol. The quantitative estimate of drug-likeness (QED) is 0.227. The number of H-pyrrole nitrogens is 1. The average Bonchev–Trinajstić information content (AvgIpc) is 3.49. The number of carbonyl (C=O) groups is 2. The molecule has 3 aromatic heterocycles. The summed E-state index contributed by atoms with van der Waals surface area (Å²) < 4.78 is 4.50. The number of nitrogens with zero attached hydrogens (tertiary/aromatic N) is 4. The third kappa shape index (κ3) is 8.37. The number of nitrogens with one attached hydrogen (secondary N) is 3. The number of esters is 1. The number of anilines is 3. The van der Waals surface area contributed by atoms with E-state index in [1.54, 1.807) is 37.6 Å². The van der Waals surface area contributed by atoms with Crippen molar-refractivity contribution >= 4 is 40.2 Å². The topological polar surface area (TPSA) is 125 Å². The molecule has 10 nitrogen and oxygen atoms in total. The summed E-state index contributed by atoms with van der Waals surface area (Å²) in [6, 6.07) is 25.0. The van der Waals surface area contributed by atoms with Crippen molar-refractivity contribution in [1.29, 1.82) is 0 Å². The molecule has 5 rings (SSSR count). The van der Waals surface area contributed by atoms with E-state index in [1.165, 1.54) is 7.11 Å². The summed E-state index contributed by atoms with van der Waals surface area (Å²) >= 11 is 0. The van der Waals surface area contributed by atoms with E-state index >= 15 is 0 Å². The maximum Gasteiger partial charge on any atom is 0.325 e. The highest BCUT2D eigenvalue weighted by Gasteiger charge is 2.11. The molecule has 0 saturated heterocycles. The molecule has 0 aliphatic carbocycles. The first-order chi connectivity index (χ1) is 20.0. The number of amides is 1. The third-order valence-electron chi connectivity index (χ3n) is 5.80. The van der Waals surface area contributed by atoms with Crippen LogP contribution in [0.1, 0.15) is 24.2 Å². The first kappa shape index (κ1) is 30.3. The zero-order chi connectivity index (χ0) is 29.6. The molecule has 10 heteroatoms. The van der Waals surface area contributed by atoms with Crippen molar-refractivity contribution in [3.63, 3.8) is 0 Å². The molecule has 1 amide bonds. The van der Waals surface area contributed by atoms with Crippen molar-refractivity contribution in [2.24, 2.45) is 0 Å². The van der Waals surface area contributed by atoms with Crippen LogP contribution in [0, 0.1) is 0 Å². The predicted octanol–water partition coefficient (Wildman–Crippen LogP) is 5.45. The van der Waals surface area contributed by atoms with Crippen molar-refractivity contribution in [1.82, 2.24) is 25.3 Å². The van der Waals surface area contributed by atoms with Gasteiger partial charge in [0.1, 0.15) is 12.4 Å². The fourth-order valence-corrected chi connectivity index (χ4v) is 3.70. The number of hydrogen-bond donors (Lipinski definition) is 3. The minimum Gasteiger partial charge on any atom is -0.468 e. The van der Waals surface area contributed by atoms with Gasteiger partial charge < -0.3 is 25.3 Å². The Hall–Kier alpha value is -5.25. The van der Waals surface area contributed by atoms with Gasteiger partial charge in [-0.25, -0.2) is 15.0 Å². The molecule has 0 atom stereocenters. The van der Waals surface area contributed by atoms with Crippen molar-refractivity contribution in [2.45, 2.75) is 13.8 Å². The average molecular weight is 554 g/mol. The number of para-hydroxylation sites is 1. The second-order valence-electron chi connectivity index (χ2n) is 8.34. The molecule has 0 spiro atoms. The zero-order valence-electron chi connectivity index (χ0n) is 23.9. The molecular formula is C31H35N7O3. The molecule has 3 heterocycles. The molecule has 0 saturated carbocycles. The first-order valence-electron chi connectivity index (χ1n) is 13.2. The molecule has 0 fully saturated rings. The fourth-order valence-electron chi connectivity index (χ4n) is 3.70. The lowest BCUT2D eigenvalue weighted by molar-refractivity contribution is -0.139. The smallest absolute Gasteiger partial charge is 0.325 e. The first-order valence-corrected chi connectivity index (χ1v) is 13.2. The highest BCUT2D eigenvalue weighted by molar-refractivity contribution is 6.00. The van der Waals surface area contributed by atoms with E-state index in [-0.39, 0.29) is 12.5 Å². The minimum absolute atomic E-state index is 0.167. The van der Waals surface area contributed by atoms with Crippen molar-refractivity contribution < 1.29 is 14.3 Å². The van der Waals surface area contributed by atoms with E-state index in [0.29, 0.717) is 11.5 Å². The van der Waals surface area contributed by atoms with Gasteiger partial charge in [-0.15, -0.1) is 0 Å². The van der Waals surface area contributed by atoms with Crippen LogP contribution < -0.4 is 15.5 Å². The molecular weight excluding hydrogens is 518 g/mol. The summed E-state index contributed by atoms with van der Waals surface area (Å²) in [5, 5.41) is 6.28. The Bertz CT molecular complexity index is 1500. The number of benzene rings is 2. The van der Waals surface area contributed by atoms with Gasteiger partial charge in [-0.1, -0.05) is 38.1 Å². The number of hydrogen-bond acceptors (Lipinski definition) is 8. The van der Waals surface area contributed by atoms with Gasteiger partial charge in [0.15, 0.2) is 0 Å². The summed E-state index contributed by atoms with van der Waals surface area (Å²) in [6.07, 6.45) is 3.47. The Morgan fingerprint density at radius 1 is 0.927 bits per heavy atom. The molecule has 212 valence electrons. The number of rotatable bonds is 7. The van der Waals surface area contributed by atoms with Crippen LogP contribution >= 0.6 is 0 Å². The zero-order valence-corrected chi connectivity index (χ0v) is 23.9. The maximum absolute atomic E-state index is 12.1. The Balaban J connectivity index is 0.000000244. The number of pyridine rings is 1. The van der Waals surface area contributed by atoms with Gasteiger partial charge in [-0.2, -0.15) is 0 Å². The van der Waals surface area contributed by atoms with E-state index in [2.05, 4.69) is 52.3 Å². The highest BCUT2D eigenvalue weighted by Crippen LogP contribution is 2.24. The van der Waals surface area contributed by atoms with Crippen LogP contribution in [0.15, 0.2) is 91.3 Å². The Morgan fingerprint density at radius 3 is 2.37 bits per heavy atom. The monoisotopic (exact) mass is 553 g/mol. The number of ether oxygens (including phenoxy) is 1. The molecule has 41 heavy (non-hydrogen) atoms. The van der Waals surface area contributed by atoms with Crippen molar-refractivity contribution in [3.05, 3.63) is 96.8 Å². The van der Waals surface area contributed by atoms with Gasteiger partial charge in [-0.05, 0) is 54.6 Å². The summed E-state index contributed by atoms with van der Waals surface area (Å²) in [5.74, 6) is 0.648. The minimum atomic E-state index is -0.498. The summed E-state index contributed by atoms with van der Waals surface area (Å²) in [5.41, 5.74) is 4.05. The lowest BCUT2D eigenvalue weighted by atomic mass is 10.1. The van der Waals surface area contributed by atoms with Crippen molar-refractivity contribution in [3.8, 4) is 11.4 Å². The molecule has 0 unspecified atom stereocenters. The molecule has 0 aliphatic heterocycles. The van der Waals surface area contributed by atoms with Crippen LogP contribution in [0.5, 0.6) is 0 Å². The van der Waals surface area contributed by atoms with Crippen molar-refractivity contribution in [2.75, 3.05) is 38.0 Å². The second-order valence-corrected chi connectivity index (χ2v) is 8.34. The molecule has 0 bridgehead atoms. The standard InChI is InChI=1S/C17H17N5O3.C12H12N2.C2H6/c1-18-17-19-6-5-13(22-17)14-8-11-7-10(3-4-12(11)21-14)16(24)20-9-15(23)25-2;1-14(11-7-3-2-4-8-11)12-9-5-6-10-13-12;1-2/h3-8,21H,9H2,1-2H3,(H,20,24)(H,18,19,22);2-10H,1H3;1-2H3. The van der Waals surface area contributed by atoms with E-state index in [9.17, 15) is 9.59 Å². The van der Waals surface area contributed by atoms with Gasteiger partial charge in [0.05, 0.1) is 18.5 Å². The molecule has 0 aliphatic rings. The van der Waals surface area contributed by atoms with Gasteiger partial charge in [-0.3, -0.25) is 9.59 Å². The Morgan fingerprint density at radius 2 is 1.68 bits per heavy atom. The Kier molecular flexibility index (Phi) is 11.4. The summed E-state index contributed by atoms with van der Waals surface area (Å²) in [4.78, 5) is 41.3. The van der Waals surface area contributed by atoms with Crippen LogP contribution in [0.2, 0.25) is 0 Å². The fraction of sp³-hybridized carbons (Fsp3) is 0.194. The lowest BCUT2D eigenvalue weighted by Crippen LogP contribution is -2.30. The third-order valence-corrected chi connectivity index (χ3v) is 5.80. The van der Waals surface area contributed by atoms with Crippen LogP contribution in [0.4, 0.5) is 17.5 Å². The number of fused-ring (bicyclic) bond motifs is 1. The van der Waals surface area contributed by atoms with E-state index in [0.717, 1.165) is 33.8 Å². The molecule has 3 N–H and O–H groups in total. The number of methoxy groups -OCH3 is 1. The number of aromatic amines is 1. The van der Waals surface area contributed by atoms with Crippen LogP contribution in [-0.4, -0.2) is 59.6 Å². The second kappa shape index (κ2) is 15.4. The molecule has 2 aromatic carbocycles. The van der Waals surface area contributed by atoms with Crippen LogP contribution in [-0.2, 0) is 9.53 Å². The Labute approximate surface area is 239 Å². The van der Waals surface area contributed by atoms with Gasteiger partial charge in [0.25, 0.3) is 5.91 Å². The molecule has 0 radical (unpaired) electrons. The van der Waals surface area contributed by atoms with Gasteiger partial charge >= 0.3 is 5.97 Å². The largest absolute Gasteiger partial charge is 0.468 e. The van der Waals surface area contributed by atoms with E-state index in [4.69, 9.17) is 0 Å². The summed E-state index contributed by atoms with van der Waals surface area (Å²) in [7, 11) is 5.04. The number of aromatic nitrogens is 4. The number of carbonyl (C=O) groups excluding carboxylic acids is 2. The van der Waals surface area contributed by atoms with Crippen LogP contribution in [0.3, 0.4) is 0 Å². The summed E-state index contributed by atoms with van der Waals surface area (Å²) in [6.45, 7) is 3.83. The normalized spacial score (nSPS) is 9.88.